The van der Waals surface area contributed by atoms with Crippen molar-refractivity contribution >= 4 is 21.8 Å². The zero-order valence-electron chi connectivity index (χ0n) is 7.36. The van der Waals surface area contributed by atoms with E-state index in [1.54, 1.807) is 0 Å². The number of amides is 1. The van der Waals surface area contributed by atoms with Crippen LogP contribution in [-0.2, 0) is 6.42 Å². The van der Waals surface area contributed by atoms with Crippen LogP contribution in [0.25, 0.3) is 0 Å². The number of benzene rings is 1. The third-order valence-electron chi connectivity index (χ3n) is 2.31. The van der Waals surface area contributed by atoms with Gasteiger partial charge in [0.15, 0.2) is 0 Å². The Balaban J connectivity index is 2.58. The van der Waals surface area contributed by atoms with Crippen LogP contribution in [0, 0.1) is 6.92 Å². The highest BCUT2D eigenvalue weighted by atomic mass is 79.9. The molecule has 0 unspecified atom stereocenters. The molecule has 1 amide bonds. The first-order valence-electron chi connectivity index (χ1n) is 4.25. The molecule has 0 fully saturated rings. The molecule has 1 aromatic rings. The van der Waals surface area contributed by atoms with E-state index in [2.05, 4.69) is 27.3 Å². The van der Waals surface area contributed by atoms with Gasteiger partial charge < -0.3 is 5.32 Å². The summed E-state index contributed by atoms with van der Waals surface area (Å²) in [5, 5.41) is 2.83. The molecule has 68 valence electrons. The van der Waals surface area contributed by atoms with Crippen LogP contribution in [-0.4, -0.2) is 12.5 Å². The van der Waals surface area contributed by atoms with Gasteiger partial charge in [-0.2, -0.15) is 0 Å². The number of rotatable bonds is 0. The summed E-state index contributed by atoms with van der Waals surface area (Å²) in [6.07, 6.45) is 0.940. The Hall–Kier alpha value is -0.830. The van der Waals surface area contributed by atoms with E-state index in [0.717, 1.165) is 28.6 Å². The van der Waals surface area contributed by atoms with E-state index in [0.29, 0.717) is 0 Å². The lowest BCUT2D eigenvalue weighted by atomic mass is 9.98. The summed E-state index contributed by atoms with van der Waals surface area (Å²) < 4.78 is 1.00. The van der Waals surface area contributed by atoms with Crippen LogP contribution in [0.2, 0.25) is 0 Å². The summed E-state index contributed by atoms with van der Waals surface area (Å²) in [5.74, 6) is 0.0435. The zero-order chi connectivity index (χ0) is 9.42. The standard InChI is InChI=1S/C10H10BrNO/c1-6-4-7-2-3-12-10(13)8(7)5-9(6)11/h4-5H,2-3H2,1H3,(H,12,13). The van der Waals surface area contributed by atoms with E-state index in [-0.39, 0.29) is 5.91 Å². The Morgan fingerprint density at radius 2 is 2.23 bits per heavy atom. The average Bonchev–Trinajstić information content (AvgIpc) is 2.09. The number of fused-ring (bicyclic) bond motifs is 1. The van der Waals surface area contributed by atoms with E-state index in [4.69, 9.17) is 0 Å². The molecule has 13 heavy (non-hydrogen) atoms. The molecule has 2 nitrogen and oxygen atoms in total. The lowest BCUT2D eigenvalue weighted by Crippen LogP contribution is -2.31. The molecule has 1 aromatic carbocycles. The Morgan fingerprint density at radius 3 is 3.00 bits per heavy atom. The first kappa shape index (κ1) is 8.75. The number of hydrogen-bond donors (Lipinski definition) is 1. The number of aryl methyl sites for hydroxylation is 1. The minimum absolute atomic E-state index is 0.0435. The fourth-order valence-electron chi connectivity index (χ4n) is 1.57. The van der Waals surface area contributed by atoms with E-state index < -0.39 is 0 Å². The van der Waals surface area contributed by atoms with Crippen molar-refractivity contribution in [2.24, 2.45) is 0 Å². The van der Waals surface area contributed by atoms with Gasteiger partial charge in [-0.15, -0.1) is 0 Å². The minimum atomic E-state index is 0.0435. The molecular weight excluding hydrogens is 230 g/mol. The topological polar surface area (TPSA) is 29.1 Å². The molecule has 0 atom stereocenters. The highest BCUT2D eigenvalue weighted by Gasteiger charge is 2.17. The van der Waals surface area contributed by atoms with Gasteiger partial charge in [-0.1, -0.05) is 22.0 Å². The van der Waals surface area contributed by atoms with Crippen LogP contribution in [0.1, 0.15) is 21.5 Å². The number of halogens is 1. The lowest BCUT2D eigenvalue weighted by molar-refractivity contribution is 0.0946. The fourth-order valence-corrected chi connectivity index (χ4v) is 1.91. The summed E-state index contributed by atoms with van der Waals surface area (Å²) in [6, 6.07) is 3.98. The van der Waals surface area contributed by atoms with Crippen LogP contribution in [0.3, 0.4) is 0 Å². The molecule has 1 aliphatic heterocycles. The van der Waals surface area contributed by atoms with Gasteiger partial charge in [0, 0.05) is 16.6 Å². The van der Waals surface area contributed by atoms with E-state index in [9.17, 15) is 4.79 Å². The normalized spacial score (nSPS) is 15.1. The second kappa shape index (κ2) is 3.14. The van der Waals surface area contributed by atoms with Crippen molar-refractivity contribution in [1.82, 2.24) is 5.32 Å². The Labute approximate surface area is 85.5 Å². The van der Waals surface area contributed by atoms with Crippen LogP contribution in [0.5, 0.6) is 0 Å². The predicted molar refractivity (Wildman–Crippen MR) is 54.9 cm³/mol. The van der Waals surface area contributed by atoms with Gasteiger partial charge in [0.25, 0.3) is 5.91 Å². The van der Waals surface area contributed by atoms with Gasteiger partial charge in [-0.3, -0.25) is 4.79 Å². The van der Waals surface area contributed by atoms with E-state index >= 15 is 0 Å². The first-order chi connectivity index (χ1) is 6.18. The van der Waals surface area contributed by atoms with Crippen LogP contribution < -0.4 is 5.32 Å². The molecule has 3 heteroatoms. The van der Waals surface area contributed by atoms with Crippen molar-refractivity contribution in [3.05, 3.63) is 33.3 Å². The summed E-state index contributed by atoms with van der Waals surface area (Å²) in [4.78, 5) is 11.4. The second-order valence-corrected chi connectivity index (χ2v) is 4.12. The average molecular weight is 240 g/mol. The Morgan fingerprint density at radius 1 is 1.46 bits per heavy atom. The monoisotopic (exact) mass is 239 g/mol. The van der Waals surface area contributed by atoms with Crippen LogP contribution in [0.15, 0.2) is 16.6 Å². The fraction of sp³-hybridized carbons (Fsp3) is 0.300. The van der Waals surface area contributed by atoms with Gasteiger partial charge >= 0.3 is 0 Å². The maximum atomic E-state index is 11.4. The summed E-state index contributed by atoms with van der Waals surface area (Å²) in [7, 11) is 0. The van der Waals surface area contributed by atoms with E-state index in [1.807, 2.05) is 13.0 Å². The Kier molecular flexibility index (Phi) is 2.12. The lowest BCUT2D eigenvalue weighted by Gasteiger charge is -2.17. The summed E-state index contributed by atoms with van der Waals surface area (Å²) >= 11 is 3.42. The van der Waals surface area contributed by atoms with Gasteiger partial charge in [0.1, 0.15) is 0 Å². The van der Waals surface area contributed by atoms with Crippen molar-refractivity contribution in [2.75, 3.05) is 6.54 Å². The molecule has 0 saturated heterocycles. The van der Waals surface area contributed by atoms with E-state index in [1.165, 1.54) is 5.56 Å². The minimum Gasteiger partial charge on any atom is -0.352 e. The van der Waals surface area contributed by atoms with Gasteiger partial charge in [0.2, 0.25) is 0 Å². The molecule has 2 rings (SSSR count). The molecule has 0 radical (unpaired) electrons. The molecule has 0 spiro atoms. The highest BCUT2D eigenvalue weighted by Crippen LogP contribution is 2.23. The number of carbonyl (C=O) groups is 1. The first-order valence-corrected chi connectivity index (χ1v) is 5.05. The smallest absolute Gasteiger partial charge is 0.251 e. The SMILES string of the molecule is Cc1cc2c(cc1Br)C(=O)NCC2. The molecule has 0 aliphatic carbocycles. The second-order valence-electron chi connectivity index (χ2n) is 3.26. The molecule has 0 aromatic heterocycles. The molecular formula is C10H10BrNO. The molecule has 1 N–H and O–H groups in total. The highest BCUT2D eigenvalue weighted by molar-refractivity contribution is 9.10. The van der Waals surface area contributed by atoms with Crippen molar-refractivity contribution in [3.8, 4) is 0 Å². The maximum Gasteiger partial charge on any atom is 0.251 e. The summed E-state index contributed by atoms with van der Waals surface area (Å²) in [5.41, 5.74) is 3.15. The van der Waals surface area contributed by atoms with Crippen LogP contribution in [0.4, 0.5) is 0 Å². The number of hydrogen-bond acceptors (Lipinski definition) is 1. The molecule has 0 bridgehead atoms. The summed E-state index contributed by atoms with van der Waals surface area (Å²) in [6.45, 7) is 2.80. The third kappa shape index (κ3) is 1.48. The van der Waals surface area contributed by atoms with Crippen molar-refractivity contribution < 1.29 is 4.79 Å². The molecule has 1 aliphatic rings. The largest absolute Gasteiger partial charge is 0.352 e. The van der Waals surface area contributed by atoms with Gasteiger partial charge in [-0.25, -0.2) is 0 Å². The number of nitrogens with one attached hydrogen (secondary N) is 1. The van der Waals surface area contributed by atoms with Crippen LogP contribution >= 0.6 is 15.9 Å². The zero-order valence-corrected chi connectivity index (χ0v) is 8.94. The van der Waals surface area contributed by atoms with Crippen molar-refractivity contribution in [3.63, 3.8) is 0 Å². The van der Waals surface area contributed by atoms with Crippen molar-refractivity contribution in [1.29, 1.82) is 0 Å². The quantitative estimate of drug-likeness (QED) is 0.738. The van der Waals surface area contributed by atoms with Gasteiger partial charge in [-0.05, 0) is 30.5 Å². The predicted octanol–water partition coefficient (Wildman–Crippen LogP) is 2.04. The number of carbonyl (C=O) groups excluding carboxylic acids is 1. The van der Waals surface area contributed by atoms with Gasteiger partial charge in [0.05, 0.1) is 0 Å². The maximum absolute atomic E-state index is 11.4. The molecule has 0 saturated carbocycles. The Bertz CT molecular complexity index is 373. The molecule has 1 heterocycles. The third-order valence-corrected chi connectivity index (χ3v) is 3.16. The van der Waals surface area contributed by atoms with Crippen molar-refractivity contribution in [2.45, 2.75) is 13.3 Å².